The summed E-state index contributed by atoms with van der Waals surface area (Å²) >= 11 is 1.82. The first-order chi connectivity index (χ1) is 9.60. The number of aliphatic hydroxyl groups is 1. The fraction of sp³-hybridized carbons (Fsp3) is 0.462. The van der Waals surface area contributed by atoms with Gasteiger partial charge in [-0.15, -0.1) is 0 Å². The van der Waals surface area contributed by atoms with Crippen molar-refractivity contribution in [1.82, 2.24) is 4.90 Å². The summed E-state index contributed by atoms with van der Waals surface area (Å²) in [6.45, 7) is 3.36. The molecule has 0 saturated carbocycles. The number of hydrogen-bond donors (Lipinski definition) is 1. The van der Waals surface area contributed by atoms with E-state index in [1.54, 1.807) is 24.0 Å². The maximum Gasteiger partial charge on any atom is 0.270 e. The fourth-order valence-corrected chi connectivity index (χ4v) is 2.60. The van der Waals surface area contributed by atoms with Crippen LogP contribution in [0.1, 0.15) is 17.3 Å². The number of rotatable bonds is 2. The normalized spacial score (nSPS) is 14.2. The summed E-state index contributed by atoms with van der Waals surface area (Å²) in [5.74, 6) is 1.75. The summed E-state index contributed by atoms with van der Waals surface area (Å²) in [7, 11) is 0. The van der Waals surface area contributed by atoms with Crippen LogP contribution in [0, 0.1) is 10.1 Å². The van der Waals surface area contributed by atoms with E-state index in [-0.39, 0.29) is 18.2 Å². The highest BCUT2D eigenvalue weighted by Crippen LogP contribution is 2.17. The number of non-ortho nitro benzene ring substituents is 1. The number of carbonyl (C=O) groups excluding carboxylic acids is 1. The number of amides is 1. The van der Waals surface area contributed by atoms with E-state index in [0.29, 0.717) is 18.7 Å². The molecule has 1 N–H and O–H groups in total. The minimum Gasteiger partial charge on any atom is -0.397 e. The number of aliphatic hydroxyl groups excluding tert-OH is 1. The van der Waals surface area contributed by atoms with Gasteiger partial charge in [0.15, 0.2) is 0 Å². The first-order valence-electron chi connectivity index (χ1n) is 6.32. The quantitative estimate of drug-likeness (QED) is 0.664. The Kier molecular flexibility index (Phi) is 7.03. The lowest BCUT2D eigenvalue weighted by molar-refractivity contribution is -0.384. The van der Waals surface area contributed by atoms with Crippen LogP contribution in [0.15, 0.2) is 24.3 Å². The molecule has 0 atom stereocenters. The van der Waals surface area contributed by atoms with E-state index >= 15 is 0 Å². The van der Waals surface area contributed by atoms with Crippen LogP contribution in [0.4, 0.5) is 5.69 Å². The lowest BCUT2D eigenvalue weighted by Gasteiger charge is -2.26. The van der Waals surface area contributed by atoms with Crippen LogP contribution in [0.25, 0.3) is 0 Å². The molecule has 1 aromatic carbocycles. The summed E-state index contributed by atoms with van der Waals surface area (Å²) in [4.78, 5) is 24.0. The lowest BCUT2D eigenvalue weighted by atomic mass is 10.1. The molecular weight excluding hydrogens is 280 g/mol. The van der Waals surface area contributed by atoms with Gasteiger partial charge in [0.05, 0.1) is 4.92 Å². The predicted octanol–water partition coefficient (Wildman–Crippen LogP) is 1.78. The molecule has 0 spiro atoms. The van der Waals surface area contributed by atoms with Crippen LogP contribution in [0.5, 0.6) is 0 Å². The number of nitro benzene ring substituents is 1. The van der Waals surface area contributed by atoms with Crippen molar-refractivity contribution in [2.75, 3.05) is 31.2 Å². The average Bonchev–Trinajstić information content (AvgIpc) is 2.48. The van der Waals surface area contributed by atoms with Gasteiger partial charge < -0.3 is 10.0 Å². The molecule has 1 aromatic rings. The van der Waals surface area contributed by atoms with Crippen molar-refractivity contribution in [1.29, 1.82) is 0 Å². The van der Waals surface area contributed by atoms with Gasteiger partial charge in [-0.05, 0) is 13.0 Å². The molecule has 0 aliphatic carbocycles. The molecule has 20 heavy (non-hydrogen) atoms. The topological polar surface area (TPSA) is 83.7 Å². The molecule has 110 valence electrons. The number of nitrogens with zero attached hydrogens (tertiary/aromatic N) is 2. The van der Waals surface area contributed by atoms with Gasteiger partial charge in [-0.3, -0.25) is 14.9 Å². The van der Waals surface area contributed by atoms with E-state index in [1.165, 1.54) is 12.1 Å². The molecule has 7 heteroatoms. The highest BCUT2D eigenvalue weighted by Gasteiger charge is 2.19. The van der Waals surface area contributed by atoms with Gasteiger partial charge in [-0.2, -0.15) is 11.8 Å². The first kappa shape index (κ1) is 16.5. The zero-order valence-electron chi connectivity index (χ0n) is 11.3. The van der Waals surface area contributed by atoms with Crippen molar-refractivity contribution >= 4 is 23.4 Å². The van der Waals surface area contributed by atoms with Gasteiger partial charge >= 0.3 is 0 Å². The van der Waals surface area contributed by atoms with E-state index in [4.69, 9.17) is 5.11 Å². The molecule has 6 nitrogen and oxygen atoms in total. The third-order valence-corrected chi connectivity index (χ3v) is 3.54. The maximum absolute atomic E-state index is 12.1. The number of carbonyl (C=O) groups is 1. The number of benzene rings is 1. The molecule has 1 aliphatic heterocycles. The minimum absolute atomic E-state index is 0.0396. The summed E-state index contributed by atoms with van der Waals surface area (Å²) < 4.78 is 0. The molecule has 1 amide bonds. The number of thioether (sulfide) groups is 1. The third kappa shape index (κ3) is 4.82. The van der Waals surface area contributed by atoms with Gasteiger partial charge in [0.25, 0.3) is 11.6 Å². The van der Waals surface area contributed by atoms with Crippen molar-refractivity contribution in [3.8, 4) is 0 Å². The lowest BCUT2D eigenvalue weighted by Crippen LogP contribution is -2.37. The summed E-state index contributed by atoms with van der Waals surface area (Å²) in [5, 5.41) is 18.2. The van der Waals surface area contributed by atoms with Crippen LogP contribution in [0.3, 0.4) is 0 Å². The van der Waals surface area contributed by atoms with Gasteiger partial charge in [0.2, 0.25) is 0 Å². The Hall–Kier alpha value is -1.60. The molecule has 0 radical (unpaired) electrons. The van der Waals surface area contributed by atoms with Crippen molar-refractivity contribution in [3.05, 3.63) is 39.9 Å². The number of nitro groups is 1. The Morgan fingerprint density at radius 3 is 2.60 bits per heavy atom. The largest absolute Gasteiger partial charge is 0.397 e. The van der Waals surface area contributed by atoms with Gasteiger partial charge in [-0.1, -0.05) is 6.07 Å². The highest BCUT2D eigenvalue weighted by atomic mass is 32.2. The van der Waals surface area contributed by atoms with Gasteiger partial charge in [0.1, 0.15) is 0 Å². The first-order valence-corrected chi connectivity index (χ1v) is 7.48. The molecule has 2 rings (SSSR count). The van der Waals surface area contributed by atoms with E-state index in [2.05, 4.69) is 0 Å². The zero-order chi connectivity index (χ0) is 15.0. The summed E-state index contributed by atoms with van der Waals surface area (Å²) in [6.07, 6.45) is 0. The van der Waals surface area contributed by atoms with Crippen LogP contribution < -0.4 is 0 Å². The van der Waals surface area contributed by atoms with E-state index < -0.39 is 4.92 Å². The Morgan fingerprint density at radius 1 is 1.45 bits per heavy atom. The maximum atomic E-state index is 12.1. The van der Waals surface area contributed by atoms with Crippen molar-refractivity contribution in [2.45, 2.75) is 6.92 Å². The Labute approximate surface area is 121 Å². The minimum atomic E-state index is -0.483. The SMILES string of the molecule is CCO.O=C(c1cccc([N+](=O)[O-])c1)N1CCSCC1. The molecular formula is C13H18N2O4S. The molecule has 1 heterocycles. The van der Waals surface area contributed by atoms with Crippen molar-refractivity contribution in [3.63, 3.8) is 0 Å². The van der Waals surface area contributed by atoms with E-state index in [0.717, 1.165) is 11.5 Å². The molecule has 1 aliphatic rings. The van der Waals surface area contributed by atoms with Crippen LogP contribution >= 0.6 is 11.8 Å². The fourth-order valence-electron chi connectivity index (χ4n) is 1.70. The zero-order valence-corrected chi connectivity index (χ0v) is 12.1. The van der Waals surface area contributed by atoms with Crippen LogP contribution in [0.2, 0.25) is 0 Å². The predicted molar refractivity (Wildman–Crippen MR) is 79.1 cm³/mol. The second kappa shape index (κ2) is 8.55. The molecule has 0 bridgehead atoms. The van der Waals surface area contributed by atoms with Crippen molar-refractivity contribution in [2.24, 2.45) is 0 Å². The third-order valence-electron chi connectivity index (χ3n) is 2.60. The Morgan fingerprint density at radius 2 is 2.05 bits per heavy atom. The standard InChI is InChI=1S/C11H12N2O3S.C2H6O/c14-11(12-4-6-17-7-5-12)9-2-1-3-10(8-9)13(15)16;1-2-3/h1-3,8H,4-7H2;3H,2H2,1H3. The van der Waals surface area contributed by atoms with E-state index in [9.17, 15) is 14.9 Å². The number of hydrogen-bond acceptors (Lipinski definition) is 5. The van der Waals surface area contributed by atoms with Crippen LogP contribution in [-0.4, -0.2) is 52.0 Å². The molecule has 1 fully saturated rings. The van der Waals surface area contributed by atoms with Gasteiger partial charge in [0, 0.05) is 48.9 Å². The van der Waals surface area contributed by atoms with Crippen LogP contribution in [-0.2, 0) is 0 Å². The van der Waals surface area contributed by atoms with E-state index in [1.807, 2.05) is 11.8 Å². The smallest absolute Gasteiger partial charge is 0.270 e. The summed E-state index contributed by atoms with van der Waals surface area (Å²) in [6, 6.07) is 5.90. The Bertz CT molecular complexity index is 461. The van der Waals surface area contributed by atoms with Crippen molar-refractivity contribution < 1.29 is 14.8 Å². The average molecular weight is 298 g/mol. The monoisotopic (exact) mass is 298 g/mol. The molecule has 0 unspecified atom stereocenters. The summed E-state index contributed by atoms with van der Waals surface area (Å²) in [5.41, 5.74) is 0.355. The highest BCUT2D eigenvalue weighted by molar-refractivity contribution is 7.99. The Balaban J connectivity index is 0.000000612. The molecule has 1 saturated heterocycles. The molecule has 0 aromatic heterocycles. The van der Waals surface area contributed by atoms with Gasteiger partial charge in [-0.25, -0.2) is 0 Å². The second-order valence-corrected chi connectivity index (χ2v) is 5.25. The second-order valence-electron chi connectivity index (χ2n) is 4.03.